The van der Waals surface area contributed by atoms with E-state index < -0.39 is 23.7 Å². The van der Waals surface area contributed by atoms with Crippen molar-refractivity contribution < 1.29 is 32.3 Å². The third kappa shape index (κ3) is 8.05. The number of halogens is 3. The largest absolute Gasteiger partial charge is 0.416 e. The Labute approximate surface area is 293 Å². The lowest BCUT2D eigenvalue weighted by Crippen LogP contribution is -2.66. The molecule has 2 saturated heterocycles. The zero-order valence-electron chi connectivity index (χ0n) is 28.2. The van der Waals surface area contributed by atoms with Gasteiger partial charge in [0.25, 0.3) is 11.8 Å². The van der Waals surface area contributed by atoms with Crippen LogP contribution in [0.25, 0.3) is 5.69 Å². The van der Waals surface area contributed by atoms with E-state index in [1.807, 2.05) is 60.7 Å². The second-order valence-corrected chi connectivity index (χ2v) is 13.0. The molecule has 10 nitrogen and oxygen atoms in total. The number of benzene rings is 3. The topological polar surface area (TPSA) is 109 Å². The van der Waals surface area contributed by atoms with Crippen molar-refractivity contribution in [2.75, 3.05) is 44.3 Å². The van der Waals surface area contributed by atoms with Gasteiger partial charge >= 0.3 is 6.18 Å². The van der Waals surface area contributed by atoms with E-state index in [0.717, 1.165) is 55.3 Å². The number of hydrogen-bond acceptors (Lipinski definition) is 6. The van der Waals surface area contributed by atoms with Crippen molar-refractivity contribution in [1.82, 2.24) is 25.3 Å². The first-order chi connectivity index (χ1) is 24.5. The first-order valence-electron chi connectivity index (χ1n) is 16.7. The Bertz CT molecular complexity index is 1880. The summed E-state index contributed by atoms with van der Waals surface area (Å²) in [6.07, 6.45) is -2.72. The quantitative estimate of drug-likeness (QED) is 0.243. The lowest BCUT2D eigenvalue weighted by atomic mass is 9.78. The highest BCUT2D eigenvalue weighted by molar-refractivity contribution is 6.04. The highest BCUT2D eigenvalue weighted by atomic mass is 19.4. The molecule has 0 saturated carbocycles. The van der Waals surface area contributed by atoms with Gasteiger partial charge in [0.15, 0.2) is 0 Å². The Morgan fingerprint density at radius 2 is 1.69 bits per heavy atom. The number of alkyl halides is 3. The molecule has 3 aliphatic heterocycles. The van der Waals surface area contributed by atoms with Crippen LogP contribution in [0.5, 0.6) is 0 Å². The smallest absolute Gasteiger partial charge is 0.380 e. The van der Waals surface area contributed by atoms with Crippen LogP contribution in [0.4, 0.5) is 19.0 Å². The minimum absolute atomic E-state index is 0.0559. The molecule has 51 heavy (non-hydrogen) atoms. The van der Waals surface area contributed by atoms with Crippen LogP contribution >= 0.6 is 0 Å². The van der Waals surface area contributed by atoms with E-state index in [1.165, 1.54) is 17.0 Å². The van der Waals surface area contributed by atoms with Crippen molar-refractivity contribution >= 4 is 23.5 Å². The van der Waals surface area contributed by atoms with Gasteiger partial charge in [-0.15, -0.1) is 0 Å². The number of fused-ring (bicyclic) bond motifs is 1. The number of nitrogens with one attached hydrogen (secondary N) is 2. The van der Waals surface area contributed by atoms with Crippen LogP contribution < -0.4 is 15.5 Å². The third-order valence-electron chi connectivity index (χ3n) is 9.10. The molecular formula is C38H39F3N6O4. The highest BCUT2D eigenvalue weighted by Gasteiger charge is 2.48. The van der Waals surface area contributed by atoms with Crippen LogP contribution in [0.15, 0.2) is 103 Å². The van der Waals surface area contributed by atoms with Gasteiger partial charge < -0.3 is 15.4 Å². The molecule has 2 fully saturated rings. The van der Waals surface area contributed by atoms with E-state index in [1.54, 1.807) is 17.8 Å². The van der Waals surface area contributed by atoms with Crippen molar-refractivity contribution in [1.29, 1.82) is 0 Å². The standard InChI is InChI=1S/C22H19F3N4O2.C16H20N2O2/c1-2-28-20-15(13-26-29(20)17-9-4-3-5-10-17)12-18(21(28)31)27-19(30)14-7-6-8-16(11-14)22(23,24)25;1-13(8-18-9-16(10-18)11-20-12-16)15(19)17-7-14-5-3-2-4-6-14/h3-11,13,18H,2,12H2,1H3,(H,27,30);2-6H,1,7-12H2,(H,17,19). The highest BCUT2D eigenvalue weighted by Crippen LogP contribution is 2.37. The zero-order chi connectivity index (χ0) is 36.2. The molecule has 1 spiro atoms. The van der Waals surface area contributed by atoms with Gasteiger partial charge in [-0.2, -0.15) is 18.3 Å². The fourth-order valence-electron chi connectivity index (χ4n) is 6.49. The fraction of sp³-hybridized carbons (Fsp3) is 0.316. The van der Waals surface area contributed by atoms with Gasteiger partial charge in [0.1, 0.15) is 11.9 Å². The molecule has 3 aliphatic rings. The number of para-hydroxylation sites is 1. The maximum Gasteiger partial charge on any atom is 0.416 e. The average molecular weight is 701 g/mol. The number of hydrogen-bond donors (Lipinski definition) is 2. The molecular weight excluding hydrogens is 661 g/mol. The number of nitrogens with zero attached hydrogens (tertiary/aromatic N) is 4. The maximum atomic E-state index is 13.1. The maximum absolute atomic E-state index is 13.1. The van der Waals surface area contributed by atoms with Gasteiger partial charge in [0, 0.05) is 61.3 Å². The monoisotopic (exact) mass is 700 g/mol. The summed E-state index contributed by atoms with van der Waals surface area (Å²) in [5.41, 5.74) is 2.61. The van der Waals surface area contributed by atoms with Gasteiger partial charge in [-0.3, -0.25) is 24.2 Å². The van der Waals surface area contributed by atoms with Crippen LogP contribution in [-0.2, 0) is 33.5 Å². The van der Waals surface area contributed by atoms with Gasteiger partial charge in [-0.1, -0.05) is 61.2 Å². The molecule has 266 valence electrons. The van der Waals surface area contributed by atoms with Crippen LogP contribution in [0.2, 0.25) is 0 Å². The third-order valence-corrected chi connectivity index (χ3v) is 9.10. The summed E-state index contributed by atoms with van der Waals surface area (Å²) in [7, 11) is 0. The molecule has 1 unspecified atom stereocenters. The summed E-state index contributed by atoms with van der Waals surface area (Å²) in [6.45, 7) is 11.1. The second-order valence-electron chi connectivity index (χ2n) is 13.0. The van der Waals surface area contributed by atoms with Crippen molar-refractivity contribution in [3.8, 4) is 5.69 Å². The number of carbonyl (C=O) groups excluding carboxylic acids is 3. The molecule has 4 aromatic rings. The van der Waals surface area contributed by atoms with Gasteiger partial charge in [0.2, 0.25) is 5.91 Å². The van der Waals surface area contributed by atoms with Crippen molar-refractivity contribution in [2.45, 2.75) is 32.1 Å². The second kappa shape index (κ2) is 14.9. The van der Waals surface area contributed by atoms with Crippen LogP contribution in [0.1, 0.15) is 34.0 Å². The molecule has 4 heterocycles. The van der Waals surface area contributed by atoms with Gasteiger partial charge in [0.05, 0.1) is 30.7 Å². The lowest BCUT2D eigenvalue weighted by Gasteiger charge is -2.55. The molecule has 3 amide bonds. The first kappa shape index (κ1) is 35.6. The van der Waals surface area contributed by atoms with Gasteiger partial charge in [-0.05, 0) is 42.8 Å². The molecule has 0 radical (unpaired) electrons. The van der Waals surface area contributed by atoms with E-state index in [2.05, 4.69) is 27.2 Å². The molecule has 0 aliphatic carbocycles. The van der Waals surface area contributed by atoms with E-state index in [-0.39, 0.29) is 23.8 Å². The Hall–Kier alpha value is -5.27. The summed E-state index contributed by atoms with van der Waals surface area (Å²) < 4.78 is 45.8. The molecule has 1 aromatic heterocycles. The Morgan fingerprint density at radius 3 is 2.31 bits per heavy atom. The summed E-state index contributed by atoms with van der Waals surface area (Å²) in [5, 5.41) is 9.89. The van der Waals surface area contributed by atoms with Crippen LogP contribution in [0.3, 0.4) is 0 Å². The number of rotatable bonds is 9. The van der Waals surface area contributed by atoms with Crippen LogP contribution in [-0.4, -0.2) is 77.8 Å². The summed E-state index contributed by atoms with van der Waals surface area (Å²) in [4.78, 5) is 41.4. The van der Waals surface area contributed by atoms with Crippen molar-refractivity contribution in [2.24, 2.45) is 5.41 Å². The number of carbonyl (C=O) groups is 3. The molecule has 0 bridgehead atoms. The number of likely N-dealkylation sites (N-methyl/N-ethyl adjacent to an activating group) is 1. The minimum Gasteiger partial charge on any atom is -0.380 e. The van der Waals surface area contributed by atoms with Crippen LogP contribution in [0, 0.1) is 5.41 Å². The predicted octanol–water partition coefficient (Wildman–Crippen LogP) is 4.79. The zero-order valence-corrected chi connectivity index (χ0v) is 28.2. The average Bonchev–Trinajstić information content (AvgIpc) is 3.52. The fourth-order valence-corrected chi connectivity index (χ4v) is 6.49. The summed E-state index contributed by atoms with van der Waals surface area (Å²) in [6, 6.07) is 22.5. The lowest BCUT2D eigenvalue weighted by molar-refractivity contribution is -0.186. The number of ether oxygens (including phenoxy) is 1. The van der Waals surface area contributed by atoms with E-state index in [0.29, 0.717) is 36.4 Å². The summed E-state index contributed by atoms with van der Waals surface area (Å²) in [5.74, 6) is -0.504. The van der Waals surface area contributed by atoms with E-state index >= 15 is 0 Å². The number of aromatic nitrogens is 2. The summed E-state index contributed by atoms with van der Waals surface area (Å²) >= 11 is 0. The predicted molar refractivity (Wildman–Crippen MR) is 185 cm³/mol. The molecule has 13 heteroatoms. The minimum atomic E-state index is -4.56. The van der Waals surface area contributed by atoms with Gasteiger partial charge in [-0.25, -0.2) is 4.68 Å². The number of amides is 3. The van der Waals surface area contributed by atoms with E-state index in [4.69, 9.17) is 4.74 Å². The molecule has 7 rings (SSSR count). The Balaban J connectivity index is 0.000000193. The number of likely N-dealkylation sites (tertiary alicyclic amines) is 1. The van der Waals surface area contributed by atoms with Crippen molar-refractivity contribution in [3.63, 3.8) is 0 Å². The molecule has 2 N–H and O–H groups in total. The Morgan fingerprint density at radius 1 is 1.00 bits per heavy atom. The first-order valence-corrected chi connectivity index (χ1v) is 16.7. The normalized spacial score (nSPS) is 17.7. The molecule has 3 aromatic carbocycles. The number of anilines is 1. The SMILES string of the molecule is C=C(CN1CC2(COC2)C1)C(=O)NCc1ccccc1.CCN1C(=O)C(NC(=O)c2cccc(C(F)(F)F)c2)Cc2cnn(-c3ccccc3)c21. The molecule has 1 atom stereocenters. The van der Waals surface area contributed by atoms with Crippen molar-refractivity contribution in [3.05, 3.63) is 126 Å². The Kier molecular flexibility index (Phi) is 10.4. The van der Waals surface area contributed by atoms with E-state index in [9.17, 15) is 27.6 Å².